The number of allylic oxidation sites excluding steroid dienone is 1. The summed E-state index contributed by atoms with van der Waals surface area (Å²) < 4.78 is 0. The van der Waals surface area contributed by atoms with E-state index in [-0.39, 0.29) is 12.0 Å². The summed E-state index contributed by atoms with van der Waals surface area (Å²) in [5.41, 5.74) is 6.97. The van der Waals surface area contributed by atoms with E-state index in [0.717, 1.165) is 48.6 Å². The predicted octanol–water partition coefficient (Wildman–Crippen LogP) is 8.19. The molecule has 0 radical (unpaired) electrons. The van der Waals surface area contributed by atoms with Gasteiger partial charge in [0.15, 0.2) is 0 Å². The largest absolute Gasteiger partial charge is 0.372 e. The minimum absolute atomic E-state index is 0.0594. The SMILES string of the molecule is CCN(CC)c1ccc(C=CC2=NN(c3ccc4ccccc4n3)C(c3ccc(N(CC)CC)cc3)C2C)cc1. The monoisotopic (exact) mass is 531 g/mol. The van der Waals surface area contributed by atoms with E-state index in [1.165, 1.54) is 22.5 Å². The Morgan fingerprint density at radius 1 is 0.700 bits per heavy atom. The minimum Gasteiger partial charge on any atom is -0.372 e. The van der Waals surface area contributed by atoms with Crippen LogP contribution in [0.4, 0.5) is 17.2 Å². The van der Waals surface area contributed by atoms with Crippen LogP contribution in [0.25, 0.3) is 17.0 Å². The number of aromatic nitrogens is 1. The second-order valence-corrected chi connectivity index (χ2v) is 10.3. The third-order valence-electron chi connectivity index (χ3n) is 8.08. The molecular weight excluding hydrogens is 490 g/mol. The number of hydrogen-bond acceptors (Lipinski definition) is 5. The van der Waals surface area contributed by atoms with Gasteiger partial charge in [0, 0.05) is 48.9 Å². The van der Waals surface area contributed by atoms with E-state index >= 15 is 0 Å². The highest BCUT2D eigenvalue weighted by Crippen LogP contribution is 2.39. The van der Waals surface area contributed by atoms with E-state index in [4.69, 9.17) is 10.1 Å². The van der Waals surface area contributed by atoms with Crippen LogP contribution in [0.5, 0.6) is 0 Å². The zero-order valence-electron chi connectivity index (χ0n) is 24.5. The molecule has 5 nitrogen and oxygen atoms in total. The Bertz CT molecular complexity index is 1460. The average Bonchev–Trinajstić information content (AvgIpc) is 3.33. The van der Waals surface area contributed by atoms with E-state index < -0.39 is 0 Å². The molecule has 5 heteroatoms. The second kappa shape index (κ2) is 12.4. The van der Waals surface area contributed by atoms with Crippen molar-refractivity contribution < 1.29 is 0 Å². The summed E-state index contributed by atoms with van der Waals surface area (Å²) in [6, 6.07) is 30.4. The lowest BCUT2D eigenvalue weighted by Gasteiger charge is -2.27. The Kier molecular flexibility index (Phi) is 8.49. The molecule has 0 spiro atoms. The Balaban J connectivity index is 1.48. The summed E-state index contributed by atoms with van der Waals surface area (Å²) in [4.78, 5) is 9.75. The maximum absolute atomic E-state index is 5.16. The fraction of sp³-hybridized carbons (Fsp3) is 0.314. The van der Waals surface area contributed by atoms with E-state index in [1.54, 1.807) is 0 Å². The number of hydrogen-bond donors (Lipinski definition) is 0. The van der Waals surface area contributed by atoms with Crippen LogP contribution >= 0.6 is 0 Å². The molecule has 0 amide bonds. The van der Waals surface area contributed by atoms with Crippen molar-refractivity contribution in [2.75, 3.05) is 41.0 Å². The molecule has 4 aromatic rings. The molecule has 0 saturated carbocycles. The molecule has 2 heterocycles. The smallest absolute Gasteiger partial charge is 0.150 e. The fourth-order valence-corrected chi connectivity index (χ4v) is 5.68. The zero-order valence-corrected chi connectivity index (χ0v) is 24.5. The van der Waals surface area contributed by atoms with Gasteiger partial charge in [-0.2, -0.15) is 5.10 Å². The van der Waals surface area contributed by atoms with Crippen LogP contribution in [0, 0.1) is 5.92 Å². The van der Waals surface area contributed by atoms with E-state index in [2.05, 4.69) is 140 Å². The summed E-state index contributed by atoms with van der Waals surface area (Å²) in [5, 5.41) is 8.42. The van der Waals surface area contributed by atoms with Gasteiger partial charge in [-0.05, 0) is 87.4 Å². The Hall–Kier alpha value is -4.12. The Morgan fingerprint density at radius 3 is 1.93 bits per heavy atom. The van der Waals surface area contributed by atoms with Crippen LogP contribution in [-0.4, -0.2) is 36.9 Å². The maximum Gasteiger partial charge on any atom is 0.150 e. The summed E-state index contributed by atoms with van der Waals surface area (Å²) in [7, 11) is 0. The molecule has 3 aromatic carbocycles. The van der Waals surface area contributed by atoms with Crippen molar-refractivity contribution in [3.05, 3.63) is 102 Å². The van der Waals surface area contributed by atoms with Gasteiger partial charge in [0.1, 0.15) is 5.82 Å². The van der Waals surface area contributed by atoms with Gasteiger partial charge >= 0.3 is 0 Å². The van der Waals surface area contributed by atoms with E-state index in [0.29, 0.717) is 0 Å². The molecule has 5 rings (SSSR count). The van der Waals surface area contributed by atoms with E-state index in [9.17, 15) is 0 Å². The van der Waals surface area contributed by atoms with Crippen molar-refractivity contribution in [1.82, 2.24) is 4.98 Å². The molecule has 2 atom stereocenters. The normalized spacial score (nSPS) is 17.0. The average molecular weight is 532 g/mol. The Morgan fingerprint density at radius 2 is 1.30 bits per heavy atom. The van der Waals surface area contributed by atoms with Crippen LogP contribution in [0.1, 0.15) is 51.8 Å². The molecule has 1 aliphatic heterocycles. The van der Waals surface area contributed by atoms with E-state index in [1.807, 2.05) is 6.07 Å². The number of rotatable bonds is 10. The molecule has 0 bridgehead atoms. The second-order valence-electron chi connectivity index (χ2n) is 10.3. The first-order valence-electron chi connectivity index (χ1n) is 14.7. The number of pyridine rings is 1. The molecule has 1 aromatic heterocycles. The molecule has 0 fully saturated rings. The van der Waals surface area contributed by atoms with Gasteiger partial charge in [0.2, 0.25) is 0 Å². The lowest BCUT2D eigenvalue weighted by Crippen LogP contribution is -2.25. The van der Waals surface area contributed by atoms with Gasteiger partial charge < -0.3 is 9.80 Å². The summed E-state index contributed by atoms with van der Waals surface area (Å²) in [6.45, 7) is 15.1. The van der Waals surface area contributed by atoms with Gasteiger partial charge in [0.25, 0.3) is 0 Å². The number of nitrogens with zero attached hydrogens (tertiary/aromatic N) is 5. The van der Waals surface area contributed by atoms with Crippen molar-refractivity contribution in [2.24, 2.45) is 11.0 Å². The maximum atomic E-state index is 5.16. The quantitative estimate of drug-likeness (QED) is 0.207. The first kappa shape index (κ1) is 27.4. The van der Waals surface area contributed by atoms with Gasteiger partial charge in [0.05, 0.1) is 17.3 Å². The first-order valence-corrected chi connectivity index (χ1v) is 14.7. The van der Waals surface area contributed by atoms with Gasteiger partial charge in [-0.1, -0.05) is 55.5 Å². The number of hydrazone groups is 1. The molecule has 0 saturated heterocycles. The van der Waals surface area contributed by atoms with Crippen molar-refractivity contribution in [1.29, 1.82) is 0 Å². The summed E-state index contributed by atoms with van der Waals surface area (Å²) in [6.07, 6.45) is 4.36. The van der Waals surface area contributed by atoms with Gasteiger partial charge in [-0.15, -0.1) is 0 Å². The molecule has 0 N–H and O–H groups in total. The summed E-state index contributed by atoms with van der Waals surface area (Å²) >= 11 is 0. The molecule has 206 valence electrons. The van der Waals surface area contributed by atoms with Crippen molar-refractivity contribution in [2.45, 2.75) is 40.7 Å². The number of anilines is 3. The molecule has 0 aliphatic carbocycles. The van der Waals surface area contributed by atoms with Gasteiger partial charge in [-0.3, -0.25) is 0 Å². The summed E-state index contributed by atoms with van der Waals surface area (Å²) in [5.74, 6) is 1.06. The predicted molar refractivity (Wildman–Crippen MR) is 173 cm³/mol. The zero-order chi connectivity index (χ0) is 28.1. The standard InChI is InChI=1S/C35H41N5/c1-6-38(7-2)30-20-14-27(15-21-30)16-24-32-26(5)35(29-17-22-31(23-18-29)39(8-3)9-4)40(37-32)34-25-19-28-12-10-11-13-33(28)36-34/h10-26,35H,6-9H2,1-5H3. The lowest BCUT2D eigenvalue weighted by atomic mass is 9.91. The van der Waals surface area contributed by atoms with Crippen LogP contribution in [0.15, 0.2) is 96.1 Å². The van der Waals surface area contributed by atoms with Crippen molar-refractivity contribution in [3.63, 3.8) is 0 Å². The first-order chi connectivity index (χ1) is 19.6. The van der Waals surface area contributed by atoms with Crippen molar-refractivity contribution in [3.8, 4) is 0 Å². The highest BCUT2D eigenvalue weighted by atomic mass is 15.5. The molecule has 2 unspecified atom stereocenters. The fourth-order valence-electron chi connectivity index (χ4n) is 5.68. The molecular formula is C35H41N5. The highest BCUT2D eigenvalue weighted by molar-refractivity contribution is 6.02. The Labute approximate surface area is 239 Å². The number of para-hydroxylation sites is 1. The number of benzene rings is 3. The minimum atomic E-state index is 0.0594. The van der Waals surface area contributed by atoms with Crippen molar-refractivity contribution >= 4 is 39.9 Å². The topological polar surface area (TPSA) is 35.0 Å². The third-order valence-corrected chi connectivity index (χ3v) is 8.08. The lowest BCUT2D eigenvalue weighted by molar-refractivity contribution is 0.585. The molecule has 1 aliphatic rings. The van der Waals surface area contributed by atoms with Gasteiger partial charge in [-0.25, -0.2) is 9.99 Å². The van der Waals surface area contributed by atoms with Crippen LogP contribution in [0.2, 0.25) is 0 Å². The van der Waals surface area contributed by atoms with Crippen LogP contribution in [-0.2, 0) is 0 Å². The third kappa shape index (κ3) is 5.60. The van der Waals surface area contributed by atoms with Crippen LogP contribution in [0.3, 0.4) is 0 Å². The highest BCUT2D eigenvalue weighted by Gasteiger charge is 2.36. The number of fused-ring (bicyclic) bond motifs is 1. The molecule has 40 heavy (non-hydrogen) atoms. The van der Waals surface area contributed by atoms with Crippen LogP contribution < -0.4 is 14.8 Å².